The molecule has 2 bridgehead atoms. The molecule has 4 heteroatoms. The molecule has 1 aromatic rings. The van der Waals surface area contributed by atoms with E-state index >= 15 is 0 Å². The average molecular weight is 292 g/mol. The molecule has 1 aromatic carbocycles. The molecular weight excluding hydrogens is 276 g/mol. The van der Waals surface area contributed by atoms with Crippen molar-refractivity contribution in [3.05, 3.63) is 48.0 Å². The van der Waals surface area contributed by atoms with Crippen molar-refractivity contribution in [2.45, 2.75) is 12.8 Å². The SMILES string of the molecule is O=C1[C@@H]2[C@H](C(=O)N1/N=C\c1ccccc1)[C@@H]1C=C[C@H]2C12CC2. The second kappa shape index (κ2) is 3.94. The molecule has 4 nitrogen and oxygen atoms in total. The number of carbonyl (C=O) groups is 2. The van der Waals surface area contributed by atoms with E-state index in [2.05, 4.69) is 17.3 Å². The summed E-state index contributed by atoms with van der Waals surface area (Å²) in [5.41, 5.74) is 1.13. The summed E-state index contributed by atoms with van der Waals surface area (Å²) in [6.45, 7) is 0. The largest absolute Gasteiger partial charge is 0.272 e. The molecule has 1 aliphatic heterocycles. The lowest BCUT2D eigenvalue weighted by Crippen LogP contribution is -2.30. The van der Waals surface area contributed by atoms with Crippen LogP contribution in [0.15, 0.2) is 47.6 Å². The van der Waals surface area contributed by atoms with Gasteiger partial charge in [-0.3, -0.25) is 9.59 Å². The minimum atomic E-state index is -0.169. The molecule has 3 fully saturated rings. The van der Waals surface area contributed by atoms with E-state index in [-0.39, 0.29) is 40.9 Å². The highest BCUT2D eigenvalue weighted by atomic mass is 16.2. The molecule has 1 heterocycles. The normalized spacial score (nSPS) is 36.8. The first kappa shape index (κ1) is 12.3. The van der Waals surface area contributed by atoms with Crippen LogP contribution >= 0.6 is 0 Å². The van der Waals surface area contributed by atoms with Gasteiger partial charge in [-0.1, -0.05) is 42.5 Å². The lowest BCUT2D eigenvalue weighted by molar-refractivity contribution is -0.141. The van der Waals surface area contributed by atoms with E-state index < -0.39 is 0 Å². The fourth-order valence-electron chi connectivity index (χ4n) is 4.84. The summed E-state index contributed by atoms with van der Waals surface area (Å²) in [4.78, 5) is 25.4. The number of hydrogen-bond acceptors (Lipinski definition) is 3. The Labute approximate surface area is 128 Å². The molecule has 1 spiro atoms. The highest BCUT2D eigenvalue weighted by Gasteiger charge is 2.73. The summed E-state index contributed by atoms with van der Waals surface area (Å²) in [5, 5.41) is 5.30. The van der Waals surface area contributed by atoms with Gasteiger partial charge in [0.05, 0.1) is 18.1 Å². The van der Waals surface area contributed by atoms with Crippen LogP contribution in [0, 0.1) is 29.1 Å². The van der Waals surface area contributed by atoms with Gasteiger partial charge in [-0.25, -0.2) is 0 Å². The third-order valence-electron chi connectivity index (χ3n) is 5.95. The number of benzene rings is 1. The molecule has 4 aliphatic rings. The number of rotatable bonds is 2. The Morgan fingerprint density at radius 1 is 1.00 bits per heavy atom. The molecule has 110 valence electrons. The number of carbonyl (C=O) groups excluding carboxylic acids is 2. The van der Waals surface area contributed by atoms with Crippen molar-refractivity contribution in [2.24, 2.45) is 34.2 Å². The van der Waals surface area contributed by atoms with Crippen molar-refractivity contribution < 1.29 is 9.59 Å². The molecule has 2 saturated carbocycles. The van der Waals surface area contributed by atoms with E-state index in [9.17, 15) is 9.59 Å². The highest BCUT2D eigenvalue weighted by molar-refractivity contribution is 6.07. The summed E-state index contributed by atoms with van der Waals surface area (Å²) in [6, 6.07) is 9.54. The number of allylic oxidation sites excluding steroid dienone is 2. The van der Waals surface area contributed by atoms with Gasteiger partial charge < -0.3 is 0 Å². The third-order valence-corrected chi connectivity index (χ3v) is 5.95. The fraction of sp³-hybridized carbons (Fsp3) is 0.389. The van der Waals surface area contributed by atoms with Crippen LogP contribution in [0.2, 0.25) is 0 Å². The molecule has 2 amide bonds. The molecule has 22 heavy (non-hydrogen) atoms. The lowest BCUT2D eigenvalue weighted by atomic mass is 9.85. The van der Waals surface area contributed by atoms with E-state index in [1.54, 1.807) is 6.21 Å². The Balaban J connectivity index is 1.46. The maximum absolute atomic E-state index is 12.7. The number of fused-ring (bicyclic) bond motifs is 3. The Kier molecular flexibility index (Phi) is 2.21. The smallest absolute Gasteiger partial charge is 0.254 e. The van der Waals surface area contributed by atoms with Crippen molar-refractivity contribution in [1.29, 1.82) is 0 Å². The van der Waals surface area contributed by atoms with Gasteiger partial charge in [0, 0.05) is 0 Å². The van der Waals surface area contributed by atoms with E-state index in [0.29, 0.717) is 0 Å². The van der Waals surface area contributed by atoms with E-state index in [4.69, 9.17) is 0 Å². The number of imide groups is 1. The second-order valence-electron chi connectivity index (χ2n) is 6.86. The number of nitrogens with zero attached hydrogens (tertiary/aromatic N) is 2. The number of amides is 2. The van der Waals surface area contributed by atoms with Crippen LogP contribution in [0.25, 0.3) is 0 Å². The van der Waals surface area contributed by atoms with Crippen LogP contribution in [-0.4, -0.2) is 23.0 Å². The Hall–Kier alpha value is -2.23. The Bertz CT molecular complexity index is 699. The van der Waals surface area contributed by atoms with Crippen LogP contribution in [-0.2, 0) is 9.59 Å². The standard InChI is InChI=1S/C18H16N2O2/c21-16-14-12-6-7-13(18(12)8-9-18)15(14)17(22)20(16)19-10-11-4-2-1-3-5-11/h1-7,10,12-15H,8-9H2/b19-10-/t12-,13+,14+,15-. The topological polar surface area (TPSA) is 49.7 Å². The fourth-order valence-corrected chi connectivity index (χ4v) is 4.84. The van der Waals surface area contributed by atoms with Gasteiger partial charge >= 0.3 is 0 Å². The maximum atomic E-state index is 12.7. The van der Waals surface area contributed by atoms with Gasteiger partial charge in [-0.05, 0) is 35.7 Å². The molecule has 5 rings (SSSR count). The van der Waals surface area contributed by atoms with Gasteiger partial charge in [0.25, 0.3) is 11.8 Å². The number of hydrogen-bond donors (Lipinski definition) is 0. The van der Waals surface area contributed by atoms with Gasteiger partial charge in [0.1, 0.15) is 0 Å². The molecule has 0 N–H and O–H groups in total. The zero-order valence-electron chi connectivity index (χ0n) is 12.1. The monoisotopic (exact) mass is 292 g/mol. The summed E-state index contributed by atoms with van der Waals surface area (Å²) < 4.78 is 0. The Morgan fingerprint density at radius 2 is 1.59 bits per heavy atom. The van der Waals surface area contributed by atoms with Gasteiger partial charge in [-0.2, -0.15) is 10.1 Å². The summed E-state index contributed by atoms with van der Waals surface area (Å²) >= 11 is 0. The third kappa shape index (κ3) is 1.35. The van der Waals surface area contributed by atoms with Crippen molar-refractivity contribution in [3.8, 4) is 0 Å². The number of hydrazone groups is 1. The van der Waals surface area contributed by atoms with E-state index in [1.165, 1.54) is 0 Å². The Morgan fingerprint density at radius 3 is 2.14 bits per heavy atom. The molecule has 0 aromatic heterocycles. The predicted octanol–water partition coefficient (Wildman–Crippen LogP) is 2.22. The van der Waals surface area contributed by atoms with Crippen molar-refractivity contribution >= 4 is 18.0 Å². The summed E-state index contributed by atoms with van der Waals surface area (Å²) in [6.07, 6.45) is 8.27. The van der Waals surface area contributed by atoms with Crippen LogP contribution in [0.5, 0.6) is 0 Å². The van der Waals surface area contributed by atoms with Crippen LogP contribution < -0.4 is 0 Å². The maximum Gasteiger partial charge on any atom is 0.254 e. The first-order valence-electron chi connectivity index (χ1n) is 7.87. The zero-order chi connectivity index (χ0) is 14.9. The van der Waals surface area contributed by atoms with Gasteiger partial charge in [0.2, 0.25) is 0 Å². The van der Waals surface area contributed by atoms with E-state index in [0.717, 1.165) is 23.4 Å². The van der Waals surface area contributed by atoms with Crippen LogP contribution in [0.3, 0.4) is 0 Å². The second-order valence-corrected chi connectivity index (χ2v) is 6.86. The molecule has 0 unspecified atom stereocenters. The van der Waals surface area contributed by atoms with Crippen molar-refractivity contribution in [3.63, 3.8) is 0 Å². The van der Waals surface area contributed by atoms with Crippen LogP contribution in [0.1, 0.15) is 18.4 Å². The minimum absolute atomic E-state index is 0.106. The van der Waals surface area contributed by atoms with Gasteiger partial charge in [0.15, 0.2) is 0 Å². The van der Waals surface area contributed by atoms with Gasteiger partial charge in [-0.15, -0.1) is 0 Å². The quantitative estimate of drug-likeness (QED) is 0.477. The lowest BCUT2D eigenvalue weighted by Gasteiger charge is -2.18. The minimum Gasteiger partial charge on any atom is -0.272 e. The average Bonchev–Trinajstić information content (AvgIpc) is 3.14. The highest BCUT2D eigenvalue weighted by Crippen LogP contribution is 2.73. The molecule has 0 radical (unpaired) electrons. The predicted molar refractivity (Wildman–Crippen MR) is 80.7 cm³/mol. The molecule has 4 atom stereocenters. The molecular formula is C18H16N2O2. The first-order valence-corrected chi connectivity index (χ1v) is 7.87. The molecule has 1 saturated heterocycles. The van der Waals surface area contributed by atoms with E-state index in [1.807, 2.05) is 30.3 Å². The summed E-state index contributed by atoms with van der Waals surface area (Å²) in [7, 11) is 0. The van der Waals surface area contributed by atoms with Crippen LogP contribution in [0.4, 0.5) is 0 Å². The van der Waals surface area contributed by atoms with Crippen molar-refractivity contribution in [2.75, 3.05) is 0 Å². The van der Waals surface area contributed by atoms with Crippen molar-refractivity contribution in [1.82, 2.24) is 5.01 Å². The zero-order valence-corrected chi connectivity index (χ0v) is 12.1. The first-order chi connectivity index (χ1) is 10.7. The summed E-state index contributed by atoms with van der Waals surface area (Å²) in [5.74, 6) is -0.0294. The molecule has 3 aliphatic carbocycles.